The minimum Gasteiger partial charge on any atom is -0.395 e. The van der Waals surface area contributed by atoms with E-state index < -0.39 is 11.7 Å². The third-order valence-corrected chi connectivity index (χ3v) is 1.80. The Kier molecular flexibility index (Phi) is 3.53. The Morgan fingerprint density at radius 3 is 2.80 bits per heavy atom. The molecule has 0 aromatic heterocycles. The van der Waals surface area contributed by atoms with Crippen molar-refractivity contribution in [3.63, 3.8) is 0 Å². The highest BCUT2D eigenvalue weighted by atomic mass is 35.5. The fourth-order valence-corrected chi connectivity index (χ4v) is 1.12. The topological polar surface area (TPSA) is 69.1 Å². The van der Waals surface area contributed by atoms with Crippen LogP contribution in [0.2, 0.25) is 5.02 Å². The molecule has 0 aliphatic heterocycles. The normalized spacial score (nSPS) is 9.20. The van der Waals surface area contributed by atoms with E-state index >= 15 is 0 Å². The molecule has 1 aromatic carbocycles. The standard InChI is InChI=1S/C10H8ClFN2O/c11-7-4-6(2-1-3-9(13)15)10(14)8(12)5-7/h4-5H,3,14H2,(H2,13,15). The molecule has 0 saturated heterocycles. The van der Waals surface area contributed by atoms with Gasteiger partial charge < -0.3 is 11.5 Å². The van der Waals surface area contributed by atoms with Gasteiger partial charge >= 0.3 is 0 Å². The quantitative estimate of drug-likeness (QED) is 0.560. The van der Waals surface area contributed by atoms with Gasteiger partial charge in [0.15, 0.2) is 0 Å². The smallest absolute Gasteiger partial charge is 0.229 e. The number of anilines is 1. The second kappa shape index (κ2) is 4.67. The lowest BCUT2D eigenvalue weighted by Gasteiger charge is -2.00. The highest BCUT2D eigenvalue weighted by Gasteiger charge is 2.04. The predicted molar refractivity (Wildman–Crippen MR) is 56.5 cm³/mol. The molecule has 1 rings (SSSR count). The fourth-order valence-electron chi connectivity index (χ4n) is 0.915. The van der Waals surface area contributed by atoms with Gasteiger partial charge in [0.2, 0.25) is 5.91 Å². The van der Waals surface area contributed by atoms with Gasteiger partial charge in [0.25, 0.3) is 0 Å². The molecule has 0 fully saturated rings. The van der Waals surface area contributed by atoms with Crippen LogP contribution in [-0.4, -0.2) is 5.91 Å². The summed E-state index contributed by atoms with van der Waals surface area (Å²) < 4.78 is 13.1. The average molecular weight is 227 g/mol. The van der Waals surface area contributed by atoms with Gasteiger partial charge in [0.05, 0.1) is 17.7 Å². The minimum atomic E-state index is -0.633. The maximum Gasteiger partial charge on any atom is 0.229 e. The lowest BCUT2D eigenvalue weighted by molar-refractivity contribution is -0.117. The van der Waals surface area contributed by atoms with Crippen molar-refractivity contribution in [2.75, 3.05) is 5.73 Å². The molecule has 1 aromatic rings. The summed E-state index contributed by atoms with van der Waals surface area (Å²) in [6.45, 7) is 0. The van der Waals surface area contributed by atoms with Crippen molar-refractivity contribution in [2.24, 2.45) is 5.73 Å². The Hall–Kier alpha value is -1.73. The molecule has 0 heterocycles. The zero-order chi connectivity index (χ0) is 11.4. The van der Waals surface area contributed by atoms with Gasteiger partial charge in [0.1, 0.15) is 5.82 Å². The SMILES string of the molecule is NC(=O)CC#Cc1cc(Cl)cc(F)c1N. The number of nitrogens with two attached hydrogens (primary N) is 2. The number of nitrogen functional groups attached to an aromatic ring is 1. The summed E-state index contributed by atoms with van der Waals surface area (Å²) in [5.41, 5.74) is 10.5. The Bertz CT molecular complexity index is 462. The van der Waals surface area contributed by atoms with Crippen LogP contribution in [0.4, 0.5) is 10.1 Å². The summed E-state index contributed by atoms with van der Waals surface area (Å²) in [5, 5.41) is 0.199. The van der Waals surface area contributed by atoms with E-state index in [1.54, 1.807) is 0 Å². The van der Waals surface area contributed by atoms with E-state index in [-0.39, 0.29) is 22.7 Å². The molecule has 1 amide bonds. The Morgan fingerprint density at radius 2 is 2.20 bits per heavy atom. The third kappa shape index (κ3) is 3.15. The second-order valence-electron chi connectivity index (χ2n) is 2.79. The summed E-state index contributed by atoms with van der Waals surface area (Å²) in [6, 6.07) is 2.52. The largest absolute Gasteiger partial charge is 0.395 e. The summed E-state index contributed by atoms with van der Waals surface area (Å²) in [6.07, 6.45) is -0.104. The highest BCUT2D eigenvalue weighted by Crippen LogP contribution is 2.21. The molecule has 0 saturated carbocycles. The van der Waals surface area contributed by atoms with Gasteiger partial charge in [-0.1, -0.05) is 23.4 Å². The zero-order valence-electron chi connectivity index (χ0n) is 7.68. The van der Waals surface area contributed by atoms with Crippen LogP contribution < -0.4 is 11.5 Å². The molecule has 4 N–H and O–H groups in total. The van der Waals surface area contributed by atoms with Gasteiger partial charge in [-0.25, -0.2) is 4.39 Å². The van der Waals surface area contributed by atoms with Crippen molar-refractivity contribution in [3.8, 4) is 11.8 Å². The van der Waals surface area contributed by atoms with Crippen LogP contribution in [-0.2, 0) is 4.79 Å². The van der Waals surface area contributed by atoms with Gasteiger partial charge in [-0.3, -0.25) is 4.79 Å². The van der Waals surface area contributed by atoms with Crippen molar-refractivity contribution in [2.45, 2.75) is 6.42 Å². The summed E-state index contributed by atoms with van der Waals surface area (Å²) in [7, 11) is 0. The number of halogens is 2. The van der Waals surface area contributed by atoms with Crippen molar-refractivity contribution >= 4 is 23.2 Å². The van der Waals surface area contributed by atoms with Crippen LogP contribution in [0.5, 0.6) is 0 Å². The second-order valence-corrected chi connectivity index (χ2v) is 3.23. The summed E-state index contributed by atoms with van der Waals surface area (Å²) in [5.74, 6) is 3.81. The van der Waals surface area contributed by atoms with Crippen LogP contribution in [0.25, 0.3) is 0 Å². The molecule has 5 heteroatoms. The molecule has 0 bridgehead atoms. The summed E-state index contributed by atoms with van der Waals surface area (Å²) >= 11 is 5.61. The highest BCUT2D eigenvalue weighted by molar-refractivity contribution is 6.30. The van der Waals surface area contributed by atoms with Gasteiger partial charge in [-0.05, 0) is 12.1 Å². The van der Waals surface area contributed by atoms with Crippen LogP contribution in [0.1, 0.15) is 12.0 Å². The molecule has 78 valence electrons. The first-order valence-electron chi connectivity index (χ1n) is 4.02. The first kappa shape index (κ1) is 11.3. The molecule has 0 radical (unpaired) electrons. The predicted octanol–water partition coefficient (Wildman–Crippen LogP) is 1.29. The Morgan fingerprint density at radius 1 is 1.53 bits per heavy atom. The number of primary amides is 1. The van der Waals surface area contributed by atoms with E-state index in [0.717, 1.165) is 6.07 Å². The van der Waals surface area contributed by atoms with Gasteiger partial charge in [-0.15, -0.1) is 0 Å². The van der Waals surface area contributed by atoms with Crippen molar-refractivity contribution < 1.29 is 9.18 Å². The zero-order valence-corrected chi connectivity index (χ0v) is 8.44. The van der Waals surface area contributed by atoms with E-state index in [1.165, 1.54) is 6.07 Å². The Balaban J connectivity index is 3.02. The number of carbonyl (C=O) groups excluding carboxylic acids is 1. The van der Waals surface area contributed by atoms with Crippen LogP contribution in [0, 0.1) is 17.7 Å². The summed E-state index contributed by atoms with van der Waals surface area (Å²) in [4.78, 5) is 10.4. The molecular formula is C10H8ClFN2O. The monoisotopic (exact) mass is 226 g/mol. The van der Waals surface area contributed by atoms with E-state index in [4.69, 9.17) is 23.1 Å². The van der Waals surface area contributed by atoms with E-state index in [1.807, 2.05) is 0 Å². The maximum absolute atomic E-state index is 13.1. The van der Waals surface area contributed by atoms with E-state index in [0.29, 0.717) is 0 Å². The molecule has 3 nitrogen and oxygen atoms in total. The average Bonchev–Trinajstić information content (AvgIpc) is 2.12. The van der Waals surface area contributed by atoms with E-state index in [9.17, 15) is 9.18 Å². The Labute approximate surface area is 91.2 Å². The molecule has 0 atom stereocenters. The van der Waals surface area contributed by atoms with Crippen LogP contribution in [0.3, 0.4) is 0 Å². The molecular weight excluding hydrogens is 219 g/mol. The van der Waals surface area contributed by atoms with Gasteiger partial charge in [-0.2, -0.15) is 0 Å². The van der Waals surface area contributed by atoms with Crippen LogP contribution >= 0.6 is 11.6 Å². The van der Waals surface area contributed by atoms with E-state index in [2.05, 4.69) is 11.8 Å². The number of benzene rings is 1. The maximum atomic E-state index is 13.1. The minimum absolute atomic E-state index is 0.0867. The number of rotatable bonds is 1. The number of hydrogen-bond acceptors (Lipinski definition) is 2. The molecule has 15 heavy (non-hydrogen) atoms. The lowest BCUT2D eigenvalue weighted by atomic mass is 10.1. The molecule has 0 aliphatic rings. The third-order valence-electron chi connectivity index (χ3n) is 1.58. The fraction of sp³-hybridized carbons (Fsp3) is 0.100. The van der Waals surface area contributed by atoms with Gasteiger partial charge in [0, 0.05) is 5.02 Å². The molecule has 0 unspecified atom stereocenters. The van der Waals surface area contributed by atoms with Crippen molar-refractivity contribution in [3.05, 3.63) is 28.5 Å². The number of amides is 1. The first-order chi connectivity index (χ1) is 7.00. The lowest BCUT2D eigenvalue weighted by Crippen LogP contribution is -2.08. The van der Waals surface area contributed by atoms with Crippen molar-refractivity contribution in [1.82, 2.24) is 0 Å². The number of carbonyl (C=O) groups is 1. The number of hydrogen-bond donors (Lipinski definition) is 2. The first-order valence-corrected chi connectivity index (χ1v) is 4.40. The van der Waals surface area contributed by atoms with Crippen LogP contribution in [0.15, 0.2) is 12.1 Å². The van der Waals surface area contributed by atoms with Crippen molar-refractivity contribution in [1.29, 1.82) is 0 Å². The molecule has 0 aliphatic carbocycles. The molecule has 0 spiro atoms.